The Morgan fingerprint density at radius 1 is 1.08 bits per heavy atom. The lowest BCUT2D eigenvalue weighted by atomic mass is 9.93. The van der Waals surface area contributed by atoms with Crippen LogP contribution in [0.5, 0.6) is 5.75 Å². The molecule has 0 aromatic heterocycles. The molecule has 144 valence electrons. The molecule has 1 saturated carbocycles. The molecule has 1 fully saturated rings. The van der Waals surface area contributed by atoms with Gasteiger partial charge in [0.05, 0.1) is 19.1 Å². The molecule has 1 aliphatic carbocycles. The number of benzene rings is 1. The van der Waals surface area contributed by atoms with Crippen LogP contribution in [0, 0.1) is 5.92 Å². The van der Waals surface area contributed by atoms with E-state index >= 15 is 0 Å². The van der Waals surface area contributed by atoms with E-state index in [9.17, 15) is 9.59 Å². The second-order valence-electron chi connectivity index (χ2n) is 7.36. The van der Waals surface area contributed by atoms with Crippen LogP contribution in [0.3, 0.4) is 0 Å². The zero-order valence-electron chi connectivity index (χ0n) is 16.4. The Morgan fingerprint density at radius 3 is 2.23 bits per heavy atom. The van der Waals surface area contributed by atoms with Crippen molar-refractivity contribution < 1.29 is 19.1 Å². The average Bonchev–Trinajstić information content (AvgIpc) is 2.65. The SMILES string of the molecule is COC(=O)C(C)CN(C(=O)c1ccc(OC(C)C)cc1)C1CCCCC1. The zero-order chi connectivity index (χ0) is 19.1. The summed E-state index contributed by atoms with van der Waals surface area (Å²) in [7, 11) is 1.39. The van der Waals surface area contributed by atoms with Gasteiger partial charge in [-0.1, -0.05) is 26.2 Å². The smallest absolute Gasteiger partial charge is 0.310 e. The molecule has 1 aliphatic rings. The number of esters is 1. The highest BCUT2D eigenvalue weighted by Crippen LogP contribution is 2.26. The van der Waals surface area contributed by atoms with Crippen molar-refractivity contribution in [3.05, 3.63) is 29.8 Å². The van der Waals surface area contributed by atoms with Gasteiger partial charge >= 0.3 is 5.97 Å². The molecule has 5 nitrogen and oxygen atoms in total. The van der Waals surface area contributed by atoms with Crippen LogP contribution in [-0.4, -0.2) is 42.6 Å². The molecule has 1 aromatic rings. The highest BCUT2D eigenvalue weighted by molar-refractivity contribution is 5.94. The number of hydrogen-bond acceptors (Lipinski definition) is 4. The van der Waals surface area contributed by atoms with Crippen LogP contribution in [0.25, 0.3) is 0 Å². The fourth-order valence-corrected chi connectivity index (χ4v) is 3.48. The first-order valence-corrected chi connectivity index (χ1v) is 9.58. The van der Waals surface area contributed by atoms with E-state index in [1.54, 1.807) is 12.1 Å². The molecular weight excluding hydrogens is 330 g/mol. The van der Waals surface area contributed by atoms with Crippen LogP contribution >= 0.6 is 0 Å². The molecule has 1 atom stereocenters. The van der Waals surface area contributed by atoms with Crippen LogP contribution in [-0.2, 0) is 9.53 Å². The molecule has 0 radical (unpaired) electrons. The topological polar surface area (TPSA) is 55.8 Å². The maximum Gasteiger partial charge on any atom is 0.310 e. The summed E-state index contributed by atoms with van der Waals surface area (Å²) in [5.74, 6) is 0.112. The highest BCUT2D eigenvalue weighted by Gasteiger charge is 2.29. The fraction of sp³-hybridized carbons (Fsp3) is 0.619. The number of ether oxygens (including phenoxy) is 2. The highest BCUT2D eigenvalue weighted by atomic mass is 16.5. The molecule has 1 amide bonds. The third kappa shape index (κ3) is 5.48. The van der Waals surface area contributed by atoms with Gasteiger partial charge in [0.1, 0.15) is 5.75 Å². The Morgan fingerprint density at radius 2 is 1.69 bits per heavy atom. The van der Waals surface area contributed by atoms with Gasteiger partial charge in [-0.25, -0.2) is 0 Å². The van der Waals surface area contributed by atoms with Crippen LogP contribution in [0.4, 0.5) is 0 Å². The van der Waals surface area contributed by atoms with Crippen LogP contribution in [0.1, 0.15) is 63.2 Å². The number of methoxy groups -OCH3 is 1. The third-order valence-corrected chi connectivity index (χ3v) is 4.82. The summed E-state index contributed by atoms with van der Waals surface area (Å²) in [5, 5.41) is 0. The lowest BCUT2D eigenvalue weighted by Crippen LogP contribution is -2.45. The van der Waals surface area contributed by atoms with E-state index < -0.39 is 0 Å². The molecule has 0 saturated heterocycles. The van der Waals surface area contributed by atoms with Crippen molar-refractivity contribution in [1.29, 1.82) is 0 Å². The molecule has 0 bridgehead atoms. The maximum atomic E-state index is 13.2. The summed E-state index contributed by atoms with van der Waals surface area (Å²) in [5.41, 5.74) is 0.628. The maximum absolute atomic E-state index is 13.2. The van der Waals surface area contributed by atoms with E-state index in [2.05, 4.69) is 0 Å². The van der Waals surface area contributed by atoms with Crippen LogP contribution in [0.2, 0.25) is 0 Å². The predicted molar refractivity (Wildman–Crippen MR) is 101 cm³/mol. The van der Waals surface area contributed by atoms with Crippen molar-refractivity contribution in [2.75, 3.05) is 13.7 Å². The normalized spacial score (nSPS) is 16.2. The van der Waals surface area contributed by atoms with Crippen molar-refractivity contribution >= 4 is 11.9 Å². The van der Waals surface area contributed by atoms with Gasteiger partial charge < -0.3 is 14.4 Å². The number of nitrogens with zero attached hydrogens (tertiary/aromatic N) is 1. The van der Waals surface area contributed by atoms with Gasteiger partial charge in [-0.05, 0) is 51.0 Å². The van der Waals surface area contributed by atoms with Gasteiger partial charge in [0.15, 0.2) is 0 Å². The van der Waals surface area contributed by atoms with Crippen molar-refractivity contribution in [2.24, 2.45) is 5.92 Å². The fourth-order valence-electron chi connectivity index (χ4n) is 3.48. The van der Waals surface area contributed by atoms with Crippen molar-refractivity contribution in [1.82, 2.24) is 4.90 Å². The Bertz CT molecular complexity index is 591. The van der Waals surface area contributed by atoms with E-state index in [4.69, 9.17) is 9.47 Å². The lowest BCUT2D eigenvalue weighted by molar-refractivity contribution is -0.145. The molecule has 1 aromatic carbocycles. The minimum absolute atomic E-state index is 0.0243. The Balaban J connectivity index is 2.16. The molecule has 1 unspecified atom stereocenters. The van der Waals surface area contributed by atoms with E-state index in [1.165, 1.54) is 13.5 Å². The molecule has 5 heteroatoms. The Labute approximate surface area is 156 Å². The quantitative estimate of drug-likeness (QED) is 0.687. The minimum atomic E-state index is -0.338. The van der Waals surface area contributed by atoms with E-state index in [-0.39, 0.29) is 29.9 Å². The number of carbonyl (C=O) groups is 2. The van der Waals surface area contributed by atoms with Gasteiger partial charge in [-0.3, -0.25) is 9.59 Å². The number of carbonyl (C=O) groups excluding carboxylic acids is 2. The molecule has 0 spiro atoms. The van der Waals surface area contributed by atoms with E-state index in [1.807, 2.05) is 37.8 Å². The Kier molecular flexibility index (Phi) is 7.49. The van der Waals surface area contributed by atoms with E-state index in [0.29, 0.717) is 12.1 Å². The lowest BCUT2D eigenvalue weighted by Gasteiger charge is -2.35. The van der Waals surface area contributed by atoms with E-state index in [0.717, 1.165) is 31.4 Å². The Hall–Kier alpha value is -2.04. The van der Waals surface area contributed by atoms with Gasteiger partial charge in [-0.2, -0.15) is 0 Å². The third-order valence-electron chi connectivity index (χ3n) is 4.82. The summed E-state index contributed by atoms with van der Waals surface area (Å²) in [6, 6.07) is 7.46. The van der Waals surface area contributed by atoms with Gasteiger partial charge in [0.25, 0.3) is 5.91 Å². The van der Waals surface area contributed by atoms with Gasteiger partial charge in [0.2, 0.25) is 0 Å². The summed E-state index contributed by atoms with van der Waals surface area (Å²) >= 11 is 0. The largest absolute Gasteiger partial charge is 0.491 e. The van der Waals surface area contributed by atoms with Crippen LogP contribution in [0.15, 0.2) is 24.3 Å². The van der Waals surface area contributed by atoms with Gasteiger partial charge in [0, 0.05) is 18.2 Å². The molecule has 2 rings (SSSR count). The zero-order valence-corrected chi connectivity index (χ0v) is 16.4. The first-order valence-electron chi connectivity index (χ1n) is 9.58. The van der Waals surface area contributed by atoms with Crippen molar-refractivity contribution in [2.45, 2.75) is 65.0 Å². The predicted octanol–water partition coefficient (Wildman–Crippen LogP) is 4.06. The number of rotatable bonds is 7. The monoisotopic (exact) mass is 361 g/mol. The molecule has 0 heterocycles. The first kappa shape index (κ1) is 20.3. The van der Waals surface area contributed by atoms with Crippen molar-refractivity contribution in [3.63, 3.8) is 0 Å². The van der Waals surface area contributed by atoms with Gasteiger partial charge in [-0.15, -0.1) is 0 Å². The second-order valence-corrected chi connectivity index (χ2v) is 7.36. The summed E-state index contributed by atoms with van der Waals surface area (Å²) in [6.07, 6.45) is 5.55. The summed E-state index contributed by atoms with van der Waals surface area (Å²) in [6.45, 7) is 6.14. The average molecular weight is 361 g/mol. The summed E-state index contributed by atoms with van der Waals surface area (Å²) < 4.78 is 10.5. The molecular formula is C21H31NO4. The summed E-state index contributed by atoms with van der Waals surface area (Å²) in [4.78, 5) is 26.9. The standard InChI is InChI=1S/C21H31NO4/c1-15(2)26-19-12-10-17(11-13-19)20(23)22(14-16(3)21(24)25-4)18-8-6-5-7-9-18/h10-13,15-16,18H,5-9,14H2,1-4H3. The van der Waals surface area contributed by atoms with Crippen molar-refractivity contribution in [3.8, 4) is 5.75 Å². The minimum Gasteiger partial charge on any atom is -0.491 e. The second kappa shape index (κ2) is 9.60. The first-order chi connectivity index (χ1) is 12.4. The number of amides is 1. The molecule has 0 N–H and O–H groups in total. The van der Waals surface area contributed by atoms with Crippen LogP contribution < -0.4 is 4.74 Å². The molecule has 26 heavy (non-hydrogen) atoms. The molecule has 0 aliphatic heterocycles. The number of hydrogen-bond donors (Lipinski definition) is 0.